The van der Waals surface area contributed by atoms with Crippen LogP contribution in [0.4, 0.5) is 32.3 Å². The first-order valence-electron chi connectivity index (χ1n) is 7.45. The molecule has 26 heavy (non-hydrogen) atoms. The van der Waals surface area contributed by atoms with Gasteiger partial charge in [0.2, 0.25) is 5.95 Å². The standard InChI is InChI=1S/C14H12F6N6/c15-13(16,17)7-26-4-3-9(25-26)6-21-24-12-22-10(8-1-2-8)5-11(23-12)14(18,19)20/h3-6,8H,1-2,7H2,(H,22,23,24). The molecule has 0 spiro atoms. The highest BCUT2D eigenvalue weighted by Gasteiger charge is 2.36. The number of halogens is 6. The minimum atomic E-state index is -4.62. The molecule has 0 aromatic carbocycles. The van der Waals surface area contributed by atoms with Crippen molar-refractivity contribution < 1.29 is 26.3 Å². The monoisotopic (exact) mass is 378 g/mol. The topological polar surface area (TPSA) is 68.0 Å². The first-order chi connectivity index (χ1) is 12.1. The number of aromatic nitrogens is 4. The third kappa shape index (κ3) is 4.92. The Labute approximate surface area is 142 Å². The van der Waals surface area contributed by atoms with Gasteiger partial charge in [0.1, 0.15) is 17.9 Å². The highest BCUT2D eigenvalue weighted by molar-refractivity contribution is 5.77. The highest BCUT2D eigenvalue weighted by atomic mass is 19.4. The zero-order valence-electron chi connectivity index (χ0n) is 13.0. The predicted octanol–water partition coefficient (Wildman–Crippen LogP) is 3.58. The molecule has 2 heterocycles. The molecular formula is C14H12F6N6. The molecule has 2 aromatic rings. The summed E-state index contributed by atoms with van der Waals surface area (Å²) in [6, 6.07) is 2.19. The number of nitrogens with one attached hydrogen (secondary N) is 1. The fourth-order valence-electron chi connectivity index (χ4n) is 2.12. The first-order valence-corrected chi connectivity index (χ1v) is 7.45. The number of hydrogen-bond acceptors (Lipinski definition) is 5. The van der Waals surface area contributed by atoms with Crippen LogP contribution in [-0.2, 0) is 12.7 Å². The van der Waals surface area contributed by atoms with Gasteiger partial charge in [0.05, 0.1) is 6.21 Å². The molecule has 0 saturated heterocycles. The van der Waals surface area contributed by atoms with Gasteiger partial charge in [-0.15, -0.1) is 0 Å². The maximum absolute atomic E-state index is 12.9. The van der Waals surface area contributed by atoms with Crippen LogP contribution in [0.3, 0.4) is 0 Å². The van der Waals surface area contributed by atoms with Crippen molar-refractivity contribution in [1.82, 2.24) is 19.7 Å². The van der Waals surface area contributed by atoms with E-state index >= 15 is 0 Å². The Hall–Kier alpha value is -2.66. The van der Waals surface area contributed by atoms with Crippen LogP contribution in [0.5, 0.6) is 0 Å². The number of alkyl halides is 6. The van der Waals surface area contributed by atoms with Gasteiger partial charge >= 0.3 is 12.4 Å². The van der Waals surface area contributed by atoms with Crippen LogP contribution in [0.2, 0.25) is 0 Å². The molecule has 6 nitrogen and oxygen atoms in total. The van der Waals surface area contributed by atoms with E-state index in [2.05, 4.69) is 25.6 Å². The first kappa shape index (κ1) is 18.1. The Kier molecular flexibility index (Phi) is 4.59. The lowest BCUT2D eigenvalue weighted by molar-refractivity contribution is -0.143. The Morgan fingerprint density at radius 3 is 2.54 bits per heavy atom. The van der Waals surface area contributed by atoms with Crippen LogP contribution in [0.25, 0.3) is 0 Å². The predicted molar refractivity (Wildman–Crippen MR) is 78.5 cm³/mol. The van der Waals surface area contributed by atoms with Gasteiger partial charge in [0.25, 0.3) is 0 Å². The lowest BCUT2D eigenvalue weighted by atomic mass is 10.2. The lowest BCUT2D eigenvalue weighted by Gasteiger charge is -2.09. The Morgan fingerprint density at radius 1 is 1.19 bits per heavy atom. The van der Waals surface area contributed by atoms with Gasteiger partial charge in [-0.3, -0.25) is 4.68 Å². The molecule has 0 aliphatic heterocycles. The summed E-state index contributed by atoms with van der Waals surface area (Å²) in [5.74, 6) is -0.366. The van der Waals surface area contributed by atoms with Gasteiger partial charge in [0.15, 0.2) is 0 Å². The molecule has 1 aliphatic carbocycles. The molecule has 0 bridgehead atoms. The molecule has 1 aliphatic rings. The smallest absolute Gasteiger partial charge is 0.263 e. The molecule has 0 radical (unpaired) electrons. The zero-order chi connectivity index (χ0) is 18.9. The Morgan fingerprint density at radius 2 is 1.92 bits per heavy atom. The normalized spacial score (nSPS) is 15.6. The lowest BCUT2D eigenvalue weighted by Crippen LogP contribution is -2.18. The van der Waals surface area contributed by atoms with E-state index in [0.29, 0.717) is 4.68 Å². The van der Waals surface area contributed by atoms with E-state index in [4.69, 9.17) is 0 Å². The fourth-order valence-corrected chi connectivity index (χ4v) is 2.12. The van der Waals surface area contributed by atoms with Crippen LogP contribution >= 0.6 is 0 Å². The summed E-state index contributed by atoms with van der Waals surface area (Å²) in [4.78, 5) is 7.35. The summed E-state index contributed by atoms with van der Waals surface area (Å²) in [6.07, 6.45) is -5.34. The van der Waals surface area contributed by atoms with Crippen molar-refractivity contribution in [3.8, 4) is 0 Å². The van der Waals surface area contributed by atoms with Crippen molar-refractivity contribution >= 4 is 12.2 Å². The largest absolute Gasteiger partial charge is 0.433 e. The van der Waals surface area contributed by atoms with Gasteiger partial charge in [-0.2, -0.15) is 36.5 Å². The summed E-state index contributed by atoms with van der Waals surface area (Å²) in [5, 5.41) is 7.27. The van der Waals surface area contributed by atoms with E-state index < -0.39 is 24.6 Å². The van der Waals surface area contributed by atoms with Crippen LogP contribution in [0, 0.1) is 0 Å². The van der Waals surface area contributed by atoms with Crippen molar-refractivity contribution in [3.63, 3.8) is 0 Å². The Bertz CT molecular complexity index is 805. The quantitative estimate of drug-likeness (QED) is 0.491. The highest BCUT2D eigenvalue weighted by Crippen LogP contribution is 2.41. The van der Waals surface area contributed by atoms with Gasteiger partial charge < -0.3 is 0 Å². The molecule has 12 heteroatoms. The van der Waals surface area contributed by atoms with Crippen LogP contribution in [0.15, 0.2) is 23.4 Å². The maximum atomic E-state index is 12.9. The molecule has 0 unspecified atom stereocenters. The Balaban J connectivity index is 1.71. The molecule has 3 rings (SSSR count). The average Bonchev–Trinajstić information content (AvgIpc) is 3.27. The van der Waals surface area contributed by atoms with E-state index in [1.54, 1.807) is 0 Å². The third-order valence-corrected chi connectivity index (χ3v) is 3.40. The second-order valence-electron chi connectivity index (χ2n) is 5.70. The summed E-state index contributed by atoms with van der Waals surface area (Å²) in [7, 11) is 0. The molecule has 1 N–H and O–H groups in total. The summed E-state index contributed by atoms with van der Waals surface area (Å²) >= 11 is 0. The van der Waals surface area contributed by atoms with Gasteiger partial charge in [0, 0.05) is 17.8 Å². The number of anilines is 1. The molecule has 140 valence electrons. The molecule has 0 atom stereocenters. The van der Waals surface area contributed by atoms with Crippen molar-refractivity contribution in [3.05, 3.63) is 35.4 Å². The second kappa shape index (κ2) is 6.57. The summed E-state index contributed by atoms with van der Waals surface area (Å²) < 4.78 is 76.1. The third-order valence-electron chi connectivity index (χ3n) is 3.40. The second-order valence-corrected chi connectivity index (χ2v) is 5.70. The molecule has 1 fully saturated rings. The van der Waals surface area contributed by atoms with E-state index in [1.807, 2.05) is 0 Å². The van der Waals surface area contributed by atoms with E-state index in [0.717, 1.165) is 31.3 Å². The molecule has 0 amide bonds. The fraction of sp³-hybridized carbons (Fsp3) is 0.429. The molecular weight excluding hydrogens is 366 g/mol. The van der Waals surface area contributed by atoms with Gasteiger partial charge in [-0.1, -0.05) is 0 Å². The summed E-state index contributed by atoms with van der Waals surface area (Å²) in [6.45, 7) is -1.25. The minimum absolute atomic E-state index is 0.0262. The maximum Gasteiger partial charge on any atom is 0.433 e. The van der Waals surface area contributed by atoms with Crippen molar-refractivity contribution in [1.29, 1.82) is 0 Å². The van der Waals surface area contributed by atoms with Crippen LogP contribution < -0.4 is 5.43 Å². The number of hydrogen-bond donors (Lipinski definition) is 1. The SMILES string of the molecule is FC(F)(F)Cn1ccc(C=NNc2nc(C3CC3)cc(C(F)(F)F)n2)n1. The van der Waals surface area contributed by atoms with Gasteiger partial charge in [-0.05, 0) is 25.0 Å². The van der Waals surface area contributed by atoms with Crippen LogP contribution in [0.1, 0.15) is 35.8 Å². The van der Waals surface area contributed by atoms with E-state index in [-0.39, 0.29) is 23.3 Å². The minimum Gasteiger partial charge on any atom is -0.263 e. The van der Waals surface area contributed by atoms with Crippen molar-refractivity contribution in [2.24, 2.45) is 5.10 Å². The van der Waals surface area contributed by atoms with Crippen LogP contribution in [-0.4, -0.2) is 32.1 Å². The van der Waals surface area contributed by atoms with E-state index in [1.165, 1.54) is 6.07 Å². The van der Waals surface area contributed by atoms with Crippen molar-refractivity contribution in [2.45, 2.75) is 37.7 Å². The average molecular weight is 378 g/mol. The molecule has 2 aromatic heterocycles. The number of rotatable bonds is 5. The zero-order valence-corrected chi connectivity index (χ0v) is 13.0. The summed E-state index contributed by atoms with van der Waals surface area (Å²) in [5.41, 5.74) is 1.55. The van der Waals surface area contributed by atoms with Crippen molar-refractivity contribution in [2.75, 3.05) is 5.43 Å². The number of nitrogens with zero attached hydrogens (tertiary/aromatic N) is 5. The number of hydrazone groups is 1. The molecule has 1 saturated carbocycles. The van der Waals surface area contributed by atoms with Gasteiger partial charge in [-0.25, -0.2) is 15.4 Å². The van der Waals surface area contributed by atoms with E-state index in [9.17, 15) is 26.3 Å².